The Hall–Kier alpha value is -3.02. The third kappa shape index (κ3) is 8.23. The van der Waals surface area contributed by atoms with E-state index >= 15 is 4.39 Å². The molecular weight excluding hydrogens is 582 g/mol. The van der Waals surface area contributed by atoms with Crippen LogP contribution >= 0.6 is 0 Å². The second-order valence-corrected chi connectivity index (χ2v) is 13.2. The first-order valence-electron chi connectivity index (χ1n) is 16.8. The van der Waals surface area contributed by atoms with Crippen molar-refractivity contribution < 1.29 is 26.3 Å². The number of benzene rings is 3. The molecule has 5 rings (SSSR count). The highest BCUT2D eigenvalue weighted by Crippen LogP contribution is 2.44. The van der Waals surface area contributed by atoms with Gasteiger partial charge in [0.05, 0.1) is 0 Å². The molecule has 0 radical (unpaired) electrons. The molecule has 2 aliphatic rings. The molecule has 45 heavy (non-hydrogen) atoms. The minimum atomic E-state index is -1.45. The summed E-state index contributed by atoms with van der Waals surface area (Å²) in [5.41, 5.74) is 3.59. The second kappa shape index (κ2) is 15.5. The van der Waals surface area contributed by atoms with Gasteiger partial charge in [-0.25, -0.2) is 26.3 Å². The zero-order valence-electron chi connectivity index (χ0n) is 26.2. The summed E-state index contributed by atoms with van der Waals surface area (Å²) >= 11 is 0. The van der Waals surface area contributed by atoms with Gasteiger partial charge in [0.15, 0.2) is 23.3 Å². The highest BCUT2D eigenvalue weighted by atomic mass is 19.2. The molecule has 0 amide bonds. The molecule has 3 aromatic rings. The molecule has 0 aromatic heterocycles. The van der Waals surface area contributed by atoms with Gasteiger partial charge in [0.25, 0.3) is 0 Å². The van der Waals surface area contributed by atoms with Gasteiger partial charge in [-0.1, -0.05) is 69.0 Å². The summed E-state index contributed by atoms with van der Waals surface area (Å²) in [5.74, 6) is -4.80. The van der Waals surface area contributed by atoms with Crippen molar-refractivity contribution in [2.45, 2.75) is 120 Å². The molecule has 0 nitrogen and oxygen atoms in total. The Bertz CT molecular complexity index is 1420. The van der Waals surface area contributed by atoms with Crippen LogP contribution in [0, 0.1) is 23.3 Å². The normalized spacial score (nSPS) is 22.7. The van der Waals surface area contributed by atoms with Crippen molar-refractivity contribution in [3.05, 3.63) is 112 Å². The van der Waals surface area contributed by atoms with Gasteiger partial charge in [0.2, 0.25) is 0 Å². The number of unbranched alkanes of at least 4 members (excludes halogenated alkanes) is 4. The monoisotopic (exact) mass is 626 g/mol. The minimum absolute atomic E-state index is 0.0445. The molecule has 2 fully saturated rings. The van der Waals surface area contributed by atoms with Gasteiger partial charge >= 0.3 is 0 Å². The maximum absolute atomic E-state index is 15.4. The Morgan fingerprint density at radius 2 is 1.04 bits per heavy atom. The average molecular weight is 627 g/mol. The quantitative estimate of drug-likeness (QED) is 0.113. The molecule has 0 spiro atoms. The molecule has 2 aliphatic carbocycles. The Kier molecular flexibility index (Phi) is 11.5. The average Bonchev–Trinajstić information content (AvgIpc) is 3.06. The van der Waals surface area contributed by atoms with E-state index in [0.29, 0.717) is 54.7 Å². The van der Waals surface area contributed by atoms with Crippen LogP contribution in [0.5, 0.6) is 0 Å². The Morgan fingerprint density at radius 3 is 1.62 bits per heavy atom. The molecule has 0 N–H and O–H groups in total. The fourth-order valence-electron chi connectivity index (χ4n) is 7.49. The molecule has 0 saturated heterocycles. The molecule has 6 heteroatoms. The van der Waals surface area contributed by atoms with E-state index in [4.69, 9.17) is 0 Å². The highest BCUT2D eigenvalue weighted by Gasteiger charge is 2.28. The van der Waals surface area contributed by atoms with Gasteiger partial charge in [0, 0.05) is 12.0 Å². The number of hydrogen-bond acceptors (Lipinski definition) is 0. The van der Waals surface area contributed by atoms with Crippen LogP contribution < -0.4 is 0 Å². The molecule has 242 valence electrons. The van der Waals surface area contributed by atoms with Crippen LogP contribution in [0.4, 0.5) is 26.3 Å². The van der Waals surface area contributed by atoms with E-state index in [1.807, 2.05) is 24.3 Å². The van der Waals surface area contributed by atoms with E-state index in [-0.39, 0.29) is 30.0 Å². The van der Waals surface area contributed by atoms with E-state index in [2.05, 4.69) is 6.92 Å². The van der Waals surface area contributed by atoms with Gasteiger partial charge in [-0.15, -0.1) is 0 Å². The maximum Gasteiger partial charge on any atom is 0.194 e. The lowest BCUT2D eigenvalue weighted by molar-refractivity contribution is 0.380. The standard InChI is InChI=1S/C39H44F6/c1-2-3-4-5-6-7-34(40)38(44)30-18-14-26(15-19-30)25-8-10-27(11-9-25)31-20-21-33(35(41)22-31)29-16-12-28(13-17-29)32-23-36(42)39(45)37(43)24-32/h14-15,18-25,27-29H,2-13,16-17H2,1H3. The van der Waals surface area contributed by atoms with Gasteiger partial charge in [-0.3, -0.25) is 0 Å². The summed E-state index contributed by atoms with van der Waals surface area (Å²) in [6.45, 7) is 2.13. The molecule has 0 atom stereocenters. The summed E-state index contributed by atoms with van der Waals surface area (Å²) in [6, 6.07) is 15.0. The number of allylic oxidation sites excluding steroid dienone is 1. The van der Waals surface area contributed by atoms with Crippen molar-refractivity contribution in [3.8, 4) is 0 Å². The summed E-state index contributed by atoms with van der Waals surface area (Å²) in [7, 11) is 0. The Labute approximate surface area is 264 Å². The van der Waals surface area contributed by atoms with Gasteiger partial charge < -0.3 is 0 Å². The lowest BCUT2D eigenvalue weighted by Crippen LogP contribution is -2.15. The molecule has 0 unspecified atom stereocenters. The first-order valence-corrected chi connectivity index (χ1v) is 16.8. The molecule has 2 saturated carbocycles. The van der Waals surface area contributed by atoms with E-state index < -0.39 is 29.1 Å². The van der Waals surface area contributed by atoms with Crippen LogP contribution in [0.3, 0.4) is 0 Å². The topological polar surface area (TPSA) is 0 Å². The fraction of sp³-hybridized carbons (Fsp3) is 0.487. The summed E-state index contributed by atoms with van der Waals surface area (Å²) in [6.07, 6.45) is 11.5. The summed E-state index contributed by atoms with van der Waals surface area (Å²) in [4.78, 5) is 0. The van der Waals surface area contributed by atoms with E-state index in [0.717, 1.165) is 74.6 Å². The molecule has 0 bridgehead atoms. The van der Waals surface area contributed by atoms with Crippen LogP contribution in [0.25, 0.3) is 5.83 Å². The molecular formula is C39H44F6. The van der Waals surface area contributed by atoms with Crippen LogP contribution in [-0.2, 0) is 0 Å². The first kappa shape index (κ1) is 33.3. The van der Waals surface area contributed by atoms with Crippen LogP contribution in [0.15, 0.2) is 60.4 Å². The summed E-state index contributed by atoms with van der Waals surface area (Å²) in [5, 5.41) is 0. The smallest absolute Gasteiger partial charge is 0.194 e. The number of hydrogen-bond donors (Lipinski definition) is 0. The van der Waals surface area contributed by atoms with Crippen LogP contribution in [0.1, 0.15) is 148 Å². The zero-order valence-corrected chi connectivity index (χ0v) is 26.2. The van der Waals surface area contributed by atoms with Crippen molar-refractivity contribution in [2.75, 3.05) is 0 Å². The van der Waals surface area contributed by atoms with Gasteiger partial charge in [-0.05, 0) is 122 Å². The SMILES string of the molecule is CCCCCCCC(F)=C(F)c1ccc(C2CCC(c3ccc(C4CCC(c5cc(F)c(F)c(F)c5)CC4)c(F)c3)CC2)cc1. The van der Waals surface area contributed by atoms with Crippen molar-refractivity contribution in [3.63, 3.8) is 0 Å². The lowest BCUT2D eigenvalue weighted by Gasteiger charge is -2.31. The predicted octanol–water partition coefficient (Wildman–Crippen LogP) is 13.1. The zero-order chi connectivity index (χ0) is 31.9. The van der Waals surface area contributed by atoms with Crippen molar-refractivity contribution in [2.24, 2.45) is 0 Å². The van der Waals surface area contributed by atoms with E-state index in [1.165, 1.54) is 0 Å². The van der Waals surface area contributed by atoms with Crippen molar-refractivity contribution >= 4 is 5.83 Å². The van der Waals surface area contributed by atoms with Crippen molar-refractivity contribution in [1.29, 1.82) is 0 Å². The number of halogens is 6. The second-order valence-electron chi connectivity index (χ2n) is 13.2. The van der Waals surface area contributed by atoms with Crippen LogP contribution in [-0.4, -0.2) is 0 Å². The maximum atomic E-state index is 15.4. The minimum Gasteiger partial charge on any atom is -0.209 e. The van der Waals surface area contributed by atoms with E-state index in [9.17, 15) is 22.0 Å². The van der Waals surface area contributed by atoms with Gasteiger partial charge in [-0.2, -0.15) is 0 Å². The summed E-state index contributed by atoms with van der Waals surface area (Å²) < 4.78 is 85.2. The highest BCUT2D eigenvalue weighted by molar-refractivity contribution is 5.61. The Morgan fingerprint density at radius 1 is 0.556 bits per heavy atom. The van der Waals surface area contributed by atoms with E-state index in [1.54, 1.807) is 18.2 Å². The first-order chi connectivity index (χ1) is 21.7. The van der Waals surface area contributed by atoms with Crippen molar-refractivity contribution in [1.82, 2.24) is 0 Å². The molecule has 0 heterocycles. The largest absolute Gasteiger partial charge is 0.209 e. The predicted molar refractivity (Wildman–Crippen MR) is 170 cm³/mol. The lowest BCUT2D eigenvalue weighted by atomic mass is 9.74. The third-order valence-electron chi connectivity index (χ3n) is 10.2. The fourth-order valence-corrected chi connectivity index (χ4v) is 7.49. The third-order valence-corrected chi connectivity index (χ3v) is 10.2. The van der Waals surface area contributed by atoms with Gasteiger partial charge in [0.1, 0.15) is 11.6 Å². The molecule has 0 aliphatic heterocycles. The Balaban J connectivity index is 1.12. The number of rotatable bonds is 11. The van der Waals surface area contributed by atoms with Crippen LogP contribution in [0.2, 0.25) is 0 Å². The molecule has 3 aromatic carbocycles.